The average molecular weight is 309 g/mol. The van der Waals surface area contributed by atoms with E-state index in [0.717, 1.165) is 12.1 Å². The number of rotatable bonds is 5. The molecule has 0 aromatic heterocycles. The first kappa shape index (κ1) is 16.5. The highest BCUT2D eigenvalue weighted by atomic mass is 35.5. The molecule has 0 N–H and O–H groups in total. The lowest BCUT2D eigenvalue weighted by molar-refractivity contribution is -0.138. The second-order valence-corrected chi connectivity index (χ2v) is 4.19. The van der Waals surface area contributed by atoms with Crippen molar-refractivity contribution < 1.29 is 27.5 Å². The van der Waals surface area contributed by atoms with Gasteiger partial charge in [-0.05, 0) is 13.0 Å². The predicted octanol–water partition coefficient (Wildman–Crippen LogP) is 3.69. The highest BCUT2D eigenvalue weighted by molar-refractivity contribution is 6.19. The van der Waals surface area contributed by atoms with Gasteiger partial charge in [0.05, 0.1) is 17.7 Å². The lowest BCUT2D eigenvalue weighted by Crippen LogP contribution is -2.20. The summed E-state index contributed by atoms with van der Waals surface area (Å²) < 4.78 is 43.9. The van der Waals surface area contributed by atoms with E-state index in [-0.39, 0.29) is 18.9 Å². The van der Waals surface area contributed by atoms with Gasteiger partial charge < -0.3 is 4.74 Å². The van der Waals surface area contributed by atoms with Crippen molar-refractivity contribution in [1.82, 2.24) is 0 Å². The van der Waals surface area contributed by atoms with E-state index >= 15 is 0 Å². The summed E-state index contributed by atoms with van der Waals surface area (Å²) in [5, 5.41) is 0. The molecule has 0 atom stereocenters. The van der Waals surface area contributed by atoms with Crippen LogP contribution < -0.4 is 0 Å². The topological polar surface area (TPSA) is 43.4 Å². The van der Waals surface area contributed by atoms with Crippen molar-refractivity contribution in [2.24, 2.45) is 0 Å². The number of esters is 1. The minimum absolute atomic E-state index is 0.0595. The van der Waals surface area contributed by atoms with Crippen LogP contribution in [-0.4, -0.2) is 24.2 Å². The number of hydrogen-bond acceptors (Lipinski definition) is 3. The average Bonchev–Trinajstić information content (AvgIpc) is 2.37. The summed E-state index contributed by atoms with van der Waals surface area (Å²) in [6.45, 7) is 1.42. The molecule has 0 saturated carbocycles. The van der Waals surface area contributed by atoms with Crippen LogP contribution in [0.3, 0.4) is 0 Å². The Kier molecular flexibility index (Phi) is 5.56. The first-order chi connectivity index (χ1) is 9.32. The van der Waals surface area contributed by atoms with Gasteiger partial charge in [-0.3, -0.25) is 4.79 Å². The number of carbonyl (C=O) groups excluding carboxylic acids is 2. The van der Waals surface area contributed by atoms with Gasteiger partial charge >= 0.3 is 12.1 Å². The third kappa shape index (κ3) is 3.72. The quantitative estimate of drug-likeness (QED) is 0.473. The molecule has 0 saturated heterocycles. The number of Topliss-reactive ketones (excluding diaryl/α,β-unsaturated/α-hetero) is 1. The van der Waals surface area contributed by atoms with Crippen molar-refractivity contribution in [3.63, 3.8) is 0 Å². The van der Waals surface area contributed by atoms with Crippen molar-refractivity contribution in [3.05, 3.63) is 34.9 Å². The molecule has 1 aromatic rings. The molecule has 0 aliphatic heterocycles. The van der Waals surface area contributed by atoms with Crippen molar-refractivity contribution in [1.29, 1.82) is 0 Å². The minimum Gasteiger partial charge on any atom is -0.462 e. The lowest BCUT2D eigenvalue weighted by atomic mass is 9.96. The Balaban J connectivity index is 3.43. The van der Waals surface area contributed by atoms with Crippen molar-refractivity contribution in [3.8, 4) is 0 Å². The molecule has 0 aliphatic carbocycles. The molecule has 1 rings (SSSR count). The first-order valence-corrected chi connectivity index (χ1v) is 6.32. The molecule has 0 unspecified atom stereocenters. The number of halogens is 4. The van der Waals surface area contributed by atoms with Gasteiger partial charge in [0.1, 0.15) is 0 Å². The van der Waals surface area contributed by atoms with E-state index in [1.807, 2.05) is 0 Å². The zero-order valence-corrected chi connectivity index (χ0v) is 11.3. The highest BCUT2D eigenvalue weighted by Gasteiger charge is 2.39. The van der Waals surface area contributed by atoms with E-state index in [0.29, 0.717) is 0 Å². The lowest BCUT2D eigenvalue weighted by Gasteiger charge is -2.15. The molecule has 7 heteroatoms. The van der Waals surface area contributed by atoms with E-state index in [4.69, 9.17) is 11.6 Å². The van der Waals surface area contributed by atoms with Crippen molar-refractivity contribution >= 4 is 23.4 Å². The number of hydrogen-bond donors (Lipinski definition) is 0. The summed E-state index contributed by atoms with van der Waals surface area (Å²) in [5.74, 6) is -1.97. The number of ether oxygens (including phenoxy) is 1. The molecule has 0 spiro atoms. The zero-order valence-electron chi connectivity index (χ0n) is 10.6. The van der Waals surface area contributed by atoms with E-state index in [1.54, 1.807) is 0 Å². The summed E-state index contributed by atoms with van der Waals surface area (Å²) in [7, 11) is 0. The van der Waals surface area contributed by atoms with Crippen LogP contribution in [0.4, 0.5) is 13.2 Å². The Morgan fingerprint density at radius 3 is 2.35 bits per heavy atom. The highest BCUT2D eigenvalue weighted by Crippen LogP contribution is 2.35. The van der Waals surface area contributed by atoms with Crippen LogP contribution >= 0.6 is 11.6 Å². The Morgan fingerprint density at radius 1 is 1.25 bits per heavy atom. The van der Waals surface area contributed by atoms with Crippen LogP contribution in [0.5, 0.6) is 0 Å². The van der Waals surface area contributed by atoms with Gasteiger partial charge in [0.25, 0.3) is 0 Å². The molecule has 0 heterocycles. The second kappa shape index (κ2) is 6.74. The fourth-order valence-corrected chi connectivity index (χ4v) is 1.86. The summed E-state index contributed by atoms with van der Waals surface area (Å²) in [6.07, 6.45) is -5.07. The number of ketones is 1. The van der Waals surface area contributed by atoms with E-state index in [1.165, 1.54) is 13.0 Å². The molecule has 20 heavy (non-hydrogen) atoms. The fraction of sp³-hybridized carbons (Fsp3) is 0.385. The summed E-state index contributed by atoms with van der Waals surface area (Å²) in [5.41, 5.74) is -2.50. The molecular weight excluding hydrogens is 297 g/mol. The van der Waals surface area contributed by atoms with Gasteiger partial charge in [-0.15, -0.1) is 11.6 Å². The molecule has 0 bridgehead atoms. The number of alkyl halides is 4. The van der Waals surface area contributed by atoms with E-state index in [9.17, 15) is 22.8 Å². The third-order valence-corrected chi connectivity index (χ3v) is 2.65. The smallest absolute Gasteiger partial charge is 0.417 e. The van der Waals surface area contributed by atoms with Gasteiger partial charge in [-0.25, -0.2) is 4.79 Å². The predicted molar refractivity (Wildman–Crippen MR) is 67.1 cm³/mol. The van der Waals surface area contributed by atoms with Gasteiger partial charge in [0.15, 0.2) is 5.78 Å². The van der Waals surface area contributed by atoms with E-state index in [2.05, 4.69) is 4.74 Å². The normalized spacial score (nSPS) is 11.2. The Hall–Kier alpha value is -1.56. The minimum atomic E-state index is -4.83. The molecular formula is C13H12ClF3O3. The van der Waals surface area contributed by atoms with Gasteiger partial charge in [0.2, 0.25) is 0 Å². The van der Waals surface area contributed by atoms with Crippen LogP contribution in [0.15, 0.2) is 18.2 Å². The largest absolute Gasteiger partial charge is 0.462 e. The van der Waals surface area contributed by atoms with E-state index < -0.39 is 34.6 Å². The SMILES string of the molecule is CCOC(=O)c1cccc(C(=O)CCCl)c1C(F)(F)F. The molecule has 0 aliphatic rings. The second-order valence-electron chi connectivity index (χ2n) is 3.81. The van der Waals surface area contributed by atoms with Gasteiger partial charge in [0, 0.05) is 17.9 Å². The molecule has 1 aromatic carbocycles. The summed E-state index contributed by atoms with van der Waals surface area (Å²) in [6, 6.07) is 3.22. The first-order valence-electron chi connectivity index (χ1n) is 5.79. The Morgan fingerprint density at radius 2 is 1.85 bits per heavy atom. The molecule has 0 radical (unpaired) electrons. The van der Waals surface area contributed by atoms with Gasteiger partial charge in [-0.2, -0.15) is 13.2 Å². The van der Waals surface area contributed by atoms with Crippen LogP contribution in [0.2, 0.25) is 0 Å². The summed E-state index contributed by atoms with van der Waals surface area (Å²) in [4.78, 5) is 23.3. The third-order valence-electron chi connectivity index (χ3n) is 2.47. The van der Waals surface area contributed by atoms with Crippen LogP contribution in [-0.2, 0) is 10.9 Å². The fourth-order valence-electron chi connectivity index (χ4n) is 1.69. The standard InChI is InChI=1S/C13H12ClF3O3/c1-2-20-12(19)9-5-3-4-8(10(18)6-7-14)11(9)13(15,16)17/h3-5H,2,6-7H2,1H3. The maximum absolute atomic E-state index is 13.1. The molecule has 0 fully saturated rings. The monoisotopic (exact) mass is 308 g/mol. The van der Waals surface area contributed by atoms with Gasteiger partial charge in [-0.1, -0.05) is 12.1 Å². The Labute approximate surface area is 118 Å². The summed E-state index contributed by atoms with van der Waals surface area (Å²) >= 11 is 5.37. The maximum atomic E-state index is 13.1. The molecule has 0 amide bonds. The molecule has 110 valence electrons. The number of carbonyl (C=O) groups is 2. The Bertz CT molecular complexity index is 476. The van der Waals surface area contributed by atoms with Crippen molar-refractivity contribution in [2.45, 2.75) is 19.5 Å². The number of benzene rings is 1. The van der Waals surface area contributed by atoms with Crippen LogP contribution in [0.1, 0.15) is 39.6 Å². The van der Waals surface area contributed by atoms with Crippen LogP contribution in [0, 0.1) is 0 Å². The molecule has 3 nitrogen and oxygen atoms in total. The van der Waals surface area contributed by atoms with Crippen molar-refractivity contribution in [2.75, 3.05) is 12.5 Å². The maximum Gasteiger partial charge on any atom is 0.417 e. The van der Waals surface area contributed by atoms with Crippen LogP contribution in [0.25, 0.3) is 0 Å². The zero-order chi connectivity index (χ0) is 15.3.